The maximum atomic E-state index is 12.5. The van der Waals surface area contributed by atoms with Gasteiger partial charge in [0, 0.05) is 13.2 Å². The lowest BCUT2D eigenvalue weighted by atomic mass is 9.82. The highest BCUT2D eigenvalue weighted by Gasteiger charge is 2.37. The number of carbonyl (C=O) groups is 2. The van der Waals surface area contributed by atoms with E-state index in [1.54, 1.807) is 4.90 Å². The van der Waals surface area contributed by atoms with Crippen LogP contribution in [0.25, 0.3) is 0 Å². The summed E-state index contributed by atoms with van der Waals surface area (Å²) >= 11 is 0. The van der Waals surface area contributed by atoms with Crippen LogP contribution in [0.1, 0.15) is 45.4 Å². The van der Waals surface area contributed by atoms with Gasteiger partial charge in [-0.2, -0.15) is 0 Å². The Kier molecular flexibility index (Phi) is 5.83. The number of amides is 2. The fourth-order valence-corrected chi connectivity index (χ4v) is 3.13. The average molecular weight is 282 g/mol. The van der Waals surface area contributed by atoms with E-state index in [0.717, 1.165) is 19.3 Å². The lowest BCUT2D eigenvalue weighted by molar-refractivity contribution is -0.147. The second-order valence-corrected chi connectivity index (χ2v) is 5.82. The zero-order chi connectivity index (χ0) is 14.4. The van der Waals surface area contributed by atoms with Gasteiger partial charge in [0.05, 0.1) is 13.2 Å². The summed E-state index contributed by atoms with van der Waals surface area (Å²) in [5, 5.41) is 2.90. The number of piperazine rings is 1. The average Bonchev–Trinajstić information content (AvgIpc) is 2.47. The summed E-state index contributed by atoms with van der Waals surface area (Å²) in [4.78, 5) is 26.0. The third-order valence-electron chi connectivity index (χ3n) is 4.20. The Morgan fingerprint density at radius 1 is 1.20 bits per heavy atom. The van der Waals surface area contributed by atoms with Crippen molar-refractivity contribution >= 4 is 11.8 Å². The number of nitrogens with zero attached hydrogens (tertiary/aromatic N) is 1. The molecule has 2 rings (SSSR count). The van der Waals surface area contributed by atoms with Gasteiger partial charge in [-0.25, -0.2) is 0 Å². The normalized spacial score (nSPS) is 24.9. The molecule has 114 valence electrons. The molecule has 0 aromatic heterocycles. The van der Waals surface area contributed by atoms with Gasteiger partial charge in [-0.05, 0) is 25.2 Å². The summed E-state index contributed by atoms with van der Waals surface area (Å²) in [6.07, 6.45) is 6.67. The van der Waals surface area contributed by atoms with Crippen LogP contribution in [0.4, 0.5) is 0 Å². The van der Waals surface area contributed by atoms with Crippen molar-refractivity contribution in [3.63, 3.8) is 0 Å². The molecule has 2 amide bonds. The minimum atomic E-state index is -0.303. The third kappa shape index (κ3) is 3.95. The van der Waals surface area contributed by atoms with Crippen LogP contribution in [-0.4, -0.2) is 49.1 Å². The van der Waals surface area contributed by atoms with E-state index in [0.29, 0.717) is 25.7 Å². The smallest absolute Gasteiger partial charge is 0.245 e. The van der Waals surface area contributed by atoms with E-state index in [-0.39, 0.29) is 24.4 Å². The summed E-state index contributed by atoms with van der Waals surface area (Å²) in [5.41, 5.74) is 0. The van der Waals surface area contributed by atoms with Gasteiger partial charge in [-0.3, -0.25) is 9.59 Å². The Balaban J connectivity index is 1.89. The number of rotatable bonds is 6. The molecule has 1 aliphatic heterocycles. The SMILES string of the molecule is CCCOCCN1CC(=O)NC(C2CCCCC2)C1=O. The topological polar surface area (TPSA) is 58.6 Å². The molecule has 1 N–H and O–H groups in total. The molecule has 5 heteroatoms. The minimum absolute atomic E-state index is 0.0318. The zero-order valence-corrected chi connectivity index (χ0v) is 12.4. The number of nitrogens with one attached hydrogen (secondary N) is 1. The van der Waals surface area contributed by atoms with Crippen LogP contribution in [0.5, 0.6) is 0 Å². The first-order valence-electron chi connectivity index (χ1n) is 7.88. The third-order valence-corrected chi connectivity index (χ3v) is 4.20. The first-order valence-corrected chi connectivity index (χ1v) is 7.88. The van der Waals surface area contributed by atoms with Crippen molar-refractivity contribution in [2.45, 2.75) is 51.5 Å². The molecular weight excluding hydrogens is 256 g/mol. The van der Waals surface area contributed by atoms with E-state index in [1.165, 1.54) is 19.3 Å². The largest absolute Gasteiger partial charge is 0.380 e. The van der Waals surface area contributed by atoms with Crippen molar-refractivity contribution in [2.75, 3.05) is 26.3 Å². The van der Waals surface area contributed by atoms with E-state index in [1.807, 2.05) is 0 Å². The molecule has 0 spiro atoms. The molecular formula is C15H26N2O3. The van der Waals surface area contributed by atoms with Crippen molar-refractivity contribution in [1.29, 1.82) is 0 Å². The molecule has 0 radical (unpaired) electrons. The fourth-order valence-electron chi connectivity index (χ4n) is 3.13. The highest BCUT2D eigenvalue weighted by Crippen LogP contribution is 2.28. The second-order valence-electron chi connectivity index (χ2n) is 5.82. The maximum absolute atomic E-state index is 12.5. The predicted molar refractivity (Wildman–Crippen MR) is 76.2 cm³/mol. The Bertz CT molecular complexity index is 340. The number of carbonyl (C=O) groups excluding carboxylic acids is 2. The summed E-state index contributed by atoms with van der Waals surface area (Å²) in [6.45, 7) is 3.98. The first-order chi connectivity index (χ1) is 9.72. The van der Waals surface area contributed by atoms with Gasteiger partial charge >= 0.3 is 0 Å². The molecule has 0 aromatic rings. The van der Waals surface area contributed by atoms with E-state index in [9.17, 15) is 9.59 Å². The monoisotopic (exact) mass is 282 g/mol. The van der Waals surface area contributed by atoms with Crippen LogP contribution in [0, 0.1) is 5.92 Å². The van der Waals surface area contributed by atoms with Crippen LogP contribution in [0.2, 0.25) is 0 Å². The lowest BCUT2D eigenvalue weighted by Crippen LogP contribution is -2.61. The molecule has 0 aromatic carbocycles. The second kappa shape index (κ2) is 7.62. The Morgan fingerprint density at radius 3 is 2.65 bits per heavy atom. The van der Waals surface area contributed by atoms with E-state index in [4.69, 9.17) is 4.74 Å². The van der Waals surface area contributed by atoms with Gasteiger partial charge in [0.15, 0.2) is 0 Å². The summed E-state index contributed by atoms with van der Waals surface area (Å²) in [7, 11) is 0. The van der Waals surface area contributed by atoms with Crippen LogP contribution in [-0.2, 0) is 14.3 Å². The number of ether oxygens (including phenoxy) is 1. The Morgan fingerprint density at radius 2 is 1.95 bits per heavy atom. The molecule has 0 bridgehead atoms. The standard InChI is InChI=1S/C15H26N2O3/c1-2-9-20-10-8-17-11-13(18)16-14(15(17)19)12-6-4-3-5-7-12/h12,14H,2-11H2,1H3,(H,16,18). The summed E-state index contributed by atoms with van der Waals surface area (Å²) in [6, 6.07) is -0.303. The molecule has 1 atom stereocenters. The van der Waals surface area contributed by atoms with E-state index in [2.05, 4.69) is 12.2 Å². The number of hydrogen-bond donors (Lipinski definition) is 1. The van der Waals surface area contributed by atoms with Crippen molar-refractivity contribution in [3.05, 3.63) is 0 Å². The lowest BCUT2D eigenvalue weighted by Gasteiger charge is -2.37. The summed E-state index contributed by atoms with van der Waals surface area (Å²) in [5.74, 6) is 0.367. The molecule has 1 aliphatic carbocycles. The molecule has 5 nitrogen and oxygen atoms in total. The van der Waals surface area contributed by atoms with Crippen LogP contribution >= 0.6 is 0 Å². The maximum Gasteiger partial charge on any atom is 0.245 e. The van der Waals surface area contributed by atoms with Crippen LogP contribution in [0.15, 0.2) is 0 Å². The molecule has 1 unspecified atom stereocenters. The van der Waals surface area contributed by atoms with Crippen molar-refractivity contribution in [3.8, 4) is 0 Å². The predicted octanol–water partition coefficient (Wildman–Crippen LogP) is 1.32. The van der Waals surface area contributed by atoms with Gasteiger partial charge in [0.1, 0.15) is 6.04 Å². The van der Waals surface area contributed by atoms with Gasteiger partial charge in [-0.1, -0.05) is 26.2 Å². The molecule has 2 fully saturated rings. The molecule has 1 saturated carbocycles. The molecule has 20 heavy (non-hydrogen) atoms. The highest BCUT2D eigenvalue weighted by molar-refractivity contribution is 5.95. The molecule has 2 aliphatic rings. The van der Waals surface area contributed by atoms with Gasteiger partial charge in [0.2, 0.25) is 11.8 Å². The van der Waals surface area contributed by atoms with E-state index < -0.39 is 0 Å². The van der Waals surface area contributed by atoms with Crippen molar-refractivity contribution in [2.24, 2.45) is 5.92 Å². The van der Waals surface area contributed by atoms with Gasteiger partial charge in [-0.15, -0.1) is 0 Å². The molecule has 1 heterocycles. The quantitative estimate of drug-likeness (QED) is 0.748. The number of hydrogen-bond acceptors (Lipinski definition) is 3. The fraction of sp³-hybridized carbons (Fsp3) is 0.867. The van der Waals surface area contributed by atoms with Crippen molar-refractivity contribution < 1.29 is 14.3 Å². The Labute approximate surface area is 121 Å². The van der Waals surface area contributed by atoms with Gasteiger partial charge in [0.25, 0.3) is 0 Å². The van der Waals surface area contributed by atoms with Crippen LogP contribution in [0.3, 0.4) is 0 Å². The van der Waals surface area contributed by atoms with Crippen LogP contribution < -0.4 is 5.32 Å². The minimum Gasteiger partial charge on any atom is -0.380 e. The molecule has 1 saturated heterocycles. The highest BCUT2D eigenvalue weighted by atomic mass is 16.5. The first kappa shape index (κ1) is 15.3. The Hall–Kier alpha value is -1.10. The van der Waals surface area contributed by atoms with Crippen molar-refractivity contribution in [1.82, 2.24) is 10.2 Å². The van der Waals surface area contributed by atoms with E-state index >= 15 is 0 Å². The zero-order valence-electron chi connectivity index (χ0n) is 12.4. The van der Waals surface area contributed by atoms with Gasteiger partial charge < -0.3 is 15.0 Å². The summed E-state index contributed by atoms with van der Waals surface area (Å²) < 4.78 is 5.42.